The van der Waals surface area contributed by atoms with E-state index in [0.29, 0.717) is 19.1 Å². The van der Waals surface area contributed by atoms with Crippen molar-refractivity contribution in [1.29, 1.82) is 0 Å². The Morgan fingerprint density at radius 3 is 1.24 bits per heavy atom. The molecule has 0 rings (SSSR count). The SMILES string of the molecule is CC(C)(C)O.CC(C)CCO.CCC(C)O.CCCCO. The largest absolute Gasteiger partial charge is 0.396 e. The first-order valence-corrected chi connectivity index (χ1v) is 8.08. The highest BCUT2D eigenvalue weighted by atomic mass is 16.3. The van der Waals surface area contributed by atoms with Crippen LogP contribution in [-0.4, -0.2) is 45.3 Å². The lowest BCUT2D eigenvalue weighted by Gasteiger charge is -2.04. The summed E-state index contributed by atoms with van der Waals surface area (Å²) in [5.41, 5.74) is -0.500. The van der Waals surface area contributed by atoms with E-state index in [0.717, 1.165) is 25.7 Å². The van der Waals surface area contributed by atoms with Crippen molar-refractivity contribution in [2.75, 3.05) is 13.2 Å². The van der Waals surface area contributed by atoms with E-state index in [1.807, 2.05) is 6.92 Å². The normalized spacial score (nSPS) is 11.3. The fourth-order valence-electron chi connectivity index (χ4n) is 0.416. The molecule has 0 heterocycles. The van der Waals surface area contributed by atoms with E-state index in [1.165, 1.54) is 0 Å². The van der Waals surface area contributed by atoms with Crippen molar-refractivity contribution >= 4 is 0 Å². The zero-order chi connectivity index (χ0) is 17.9. The summed E-state index contributed by atoms with van der Waals surface area (Å²) in [5.74, 6) is 0.648. The summed E-state index contributed by atoms with van der Waals surface area (Å²) < 4.78 is 0. The van der Waals surface area contributed by atoms with Gasteiger partial charge in [0, 0.05) is 13.2 Å². The van der Waals surface area contributed by atoms with E-state index in [4.69, 9.17) is 20.4 Å². The second-order valence-corrected chi connectivity index (χ2v) is 6.41. The summed E-state index contributed by atoms with van der Waals surface area (Å²) in [6.07, 6.45) is 3.71. The molecule has 1 atom stereocenters. The van der Waals surface area contributed by atoms with Gasteiger partial charge in [-0.25, -0.2) is 0 Å². The van der Waals surface area contributed by atoms with Gasteiger partial charge in [0.1, 0.15) is 0 Å². The Morgan fingerprint density at radius 2 is 1.24 bits per heavy atom. The van der Waals surface area contributed by atoms with Crippen LogP contribution in [0, 0.1) is 5.92 Å². The van der Waals surface area contributed by atoms with Crippen LogP contribution in [0.3, 0.4) is 0 Å². The highest BCUT2D eigenvalue weighted by Gasteiger charge is 1.97. The first kappa shape index (κ1) is 28.9. The van der Waals surface area contributed by atoms with Gasteiger partial charge in [-0.2, -0.15) is 0 Å². The maximum absolute atomic E-state index is 8.52. The zero-order valence-electron chi connectivity index (χ0n) is 15.7. The number of aliphatic hydroxyl groups is 4. The van der Waals surface area contributed by atoms with Crippen LogP contribution >= 0.6 is 0 Å². The Balaban J connectivity index is -0.0000000921. The summed E-state index contributed by atoms with van der Waals surface area (Å²) >= 11 is 0. The molecule has 4 heteroatoms. The van der Waals surface area contributed by atoms with Gasteiger partial charge in [0.2, 0.25) is 0 Å². The van der Waals surface area contributed by atoms with Crippen molar-refractivity contribution in [3.8, 4) is 0 Å². The molecule has 0 aromatic heterocycles. The predicted octanol–water partition coefficient (Wildman–Crippen LogP) is 3.36. The second kappa shape index (κ2) is 22.1. The van der Waals surface area contributed by atoms with Crippen molar-refractivity contribution in [2.45, 2.75) is 92.8 Å². The Hall–Kier alpha value is -0.160. The lowest BCUT2D eigenvalue weighted by Crippen LogP contribution is -2.10. The van der Waals surface area contributed by atoms with Crippen LogP contribution in [0.5, 0.6) is 0 Å². The predicted molar refractivity (Wildman–Crippen MR) is 92.5 cm³/mol. The molecule has 0 aromatic carbocycles. The van der Waals surface area contributed by atoms with Gasteiger partial charge >= 0.3 is 0 Å². The average Bonchev–Trinajstić information content (AvgIpc) is 2.29. The van der Waals surface area contributed by atoms with Crippen molar-refractivity contribution in [2.24, 2.45) is 5.92 Å². The van der Waals surface area contributed by atoms with Crippen molar-refractivity contribution in [3.05, 3.63) is 0 Å². The molecule has 4 N–H and O–H groups in total. The minimum atomic E-state index is -0.500. The third kappa shape index (κ3) is 135. The number of hydrogen-bond donors (Lipinski definition) is 4. The fourth-order valence-corrected chi connectivity index (χ4v) is 0.416. The molecule has 0 saturated carbocycles. The van der Waals surface area contributed by atoms with Crippen molar-refractivity contribution in [3.63, 3.8) is 0 Å². The minimum Gasteiger partial charge on any atom is -0.396 e. The van der Waals surface area contributed by atoms with E-state index in [-0.39, 0.29) is 6.10 Å². The quantitative estimate of drug-likeness (QED) is 0.627. The molecule has 0 bridgehead atoms. The van der Waals surface area contributed by atoms with E-state index >= 15 is 0 Å². The van der Waals surface area contributed by atoms with Crippen molar-refractivity contribution in [1.82, 2.24) is 0 Å². The van der Waals surface area contributed by atoms with Crippen LogP contribution < -0.4 is 0 Å². The van der Waals surface area contributed by atoms with Gasteiger partial charge in [0.05, 0.1) is 11.7 Å². The zero-order valence-corrected chi connectivity index (χ0v) is 15.7. The molecule has 0 aliphatic rings. The summed E-state index contributed by atoms with van der Waals surface area (Å²) in [7, 11) is 0. The monoisotopic (exact) mass is 310 g/mol. The van der Waals surface area contributed by atoms with E-state index in [2.05, 4.69) is 20.8 Å². The van der Waals surface area contributed by atoms with Gasteiger partial charge in [0.25, 0.3) is 0 Å². The van der Waals surface area contributed by atoms with Gasteiger partial charge < -0.3 is 20.4 Å². The molecule has 0 aromatic rings. The maximum atomic E-state index is 8.52. The van der Waals surface area contributed by atoms with Gasteiger partial charge in [-0.15, -0.1) is 0 Å². The van der Waals surface area contributed by atoms with Gasteiger partial charge in [0.15, 0.2) is 0 Å². The van der Waals surface area contributed by atoms with Gasteiger partial charge in [-0.05, 0) is 52.9 Å². The van der Waals surface area contributed by atoms with Crippen molar-refractivity contribution < 1.29 is 20.4 Å². The van der Waals surface area contributed by atoms with E-state index < -0.39 is 5.60 Å². The number of aliphatic hydroxyl groups excluding tert-OH is 3. The van der Waals surface area contributed by atoms with Crippen LogP contribution in [0.15, 0.2) is 0 Å². The number of rotatable bonds is 5. The molecule has 21 heavy (non-hydrogen) atoms. The summed E-state index contributed by atoms with van der Waals surface area (Å²) in [4.78, 5) is 0. The van der Waals surface area contributed by atoms with Gasteiger partial charge in [-0.3, -0.25) is 0 Å². The Kier molecular flexibility index (Phi) is 30.5. The lowest BCUT2D eigenvalue weighted by molar-refractivity contribution is 0.102. The molecular formula is C17H42O4. The fraction of sp³-hybridized carbons (Fsp3) is 1.00. The molecule has 0 aliphatic carbocycles. The summed E-state index contributed by atoms with van der Waals surface area (Å²) in [6, 6.07) is 0. The van der Waals surface area contributed by atoms with Crippen LogP contribution in [0.2, 0.25) is 0 Å². The van der Waals surface area contributed by atoms with Crippen LogP contribution in [0.4, 0.5) is 0 Å². The molecule has 0 aliphatic heterocycles. The third-order valence-corrected chi connectivity index (χ3v) is 1.81. The minimum absolute atomic E-state index is 0.116. The Labute approximate surface area is 133 Å². The first-order chi connectivity index (χ1) is 9.45. The summed E-state index contributed by atoms with van der Waals surface area (Å²) in [6.45, 7) is 15.9. The lowest BCUT2D eigenvalue weighted by atomic mass is 10.2. The summed E-state index contributed by atoms with van der Waals surface area (Å²) in [5, 5.41) is 33.2. The number of unbranched alkanes of at least 4 members (excludes halogenated alkanes) is 1. The standard InChI is InChI=1S/C5H12O.3C4H10O/c1-5(2)3-4-6;1-4(2,3)5;1-3-4(2)5;1-2-3-4-5/h5-6H,3-4H2,1-2H3;5H,1-3H3;4-5H,3H2,1-2H3;5H,2-4H2,1H3. The third-order valence-electron chi connectivity index (χ3n) is 1.81. The highest BCUT2D eigenvalue weighted by molar-refractivity contribution is 4.50. The molecule has 0 radical (unpaired) electrons. The topological polar surface area (TPSA) is 80.9 Å². The van der Waals surface area contributed by atoms with Crippen LogP contribution in [0.1, 0.15) is 81.1 Å². The molecule has 4 nitrogen and oxygen atoms in total. The Bertz CT molecular complexity index is 143. The smallest absolute Gasteiger partial charge is 0.0563 e. The van der Waals surface area contributed by atoms with Crippen LogP contribution in [0.25, 0.3) is 0 Å². The second-order valence-electron chi connectivity index (χ2n) is 6.41. The molecule has 134 valence electrons. The van der Waals surface area contributed by atoms with Gasteiger partial charge in [-0.1, -0.05) is 34.1 Å². The number of hydrogen-bond acceptors (Lipinski definition) is 4. The average molecular weight is 311 g/mol. The molecule has 0 amide bonds. The van der Waals surface area contributed by atoms with E-state index in [1.54, 1.807) is 27.7 Å². The molecule has 0 spiro atoms. The highest BCUT2D eigenvalue weighted by Crippen LogP contribution is 1.95. The maximum Gasteiger partial charge on any atom is 0.0563 e. The first-order valence-electron chi connectivity index (χ1n) is 8.08. The van der Waals surface area contributed by atoms with Crippen LogP contribution in [-0.2, 0) is 0 Å². The Morgan fingerprint density at radius 1 is 0.905 bits per heavy atom. The molecular weight excluding hydrogens is 268 g/mol. The molecule has 1 unspecified atom stereocenters. The van der Waals surface area contributed by atoms with E-state index in [9.17, 15) is 0 Å². The molecule has 0 saturated heterocycles. The molecule has 0 fully saturated rings.